The molecule has 6 heteroatoms. The van der Waals surface area contributed by atoms with Crippen molar-refractivity contribution in [1.82, 2.24) is 19.6 Å². The second-order valence-corrected chi connectivity index (χ2v) is 7.65. The lowest BCUT2D eigenvalue weighted by Gasteiger charge is -2.36. The quantitative estimate of drug-likeness (QED) is 0.836. The Kier molecular flexibility index (Phi) is 4.35. The lowest BCUT2D eigenvalue weighted by atomic mass is 9.76. The number of rotatable bonds is 3. The summed E-state index contributed by atoms with van der Waals surface area (Å²) >= 11 is 0. The maximum absolute atomic E-state index is 13.1. The Balaban J connectivity index is 1.44. The van der Waals surface area contributed by atoms with Crippen LogP contribution in [0.4, 0.5) is 0 Å². The van der Waals surface area contributed by atoms with Crippen LogP contribution in [0.25, 0.3) is 0 Å². The number of hydrogen-bond donors (Lipinski definition) is 0. The summed E-state index contributed by atoms with van der Waals surface area (Å²) in [6.07, 6.45) is 6.48. The normalized spacial score (nSPS) is 31.2. The van der Waals surface area contributed by atoms with Crippen LogP contribution in [0.1, 0.15) is 31.4 Å². The summed E-state index contributed by atoms with van der Waals surface area (Å²) in [6.45, 7) is 6.01. The summed E-state index contributed by atoms with van der Waals surface area (Å²) in [4.78, 5) is 17.6. The zero-order valence-corrected chi connectivity index (χ0v) is 14.6. The van der Waals surface area contributed by atoms with Crippen LogP contribution in [0.5, 0.6) is 0 Å². The Morgan fingerprint density at radius 3 is 2.92 bits per heavy atom. The molecular formula is C18H28N4O2. The van der Waals surface area contributed by atoms with Crippen LogP contribution in [0.15, 0.2) is 12.3 Å². The van der Waals surface area contributed by atoms with Crippen molar-refractivity contribution >= 4 is 5.91 Å². The third-order valence-corrected chi connectivity index (χ3v) is 6.30. The van der Waals surface area contributed by atoms with E-state index in [1.165, 1.54) is 18.5 Å². The second-order valence-electron chi connectivity index (χ2n) is 7.65. The van der Waals surface area contributed by atoms with Gasteiger partial charge in [0.1, 0.15) is 0 Å². The molecule has 2 unspecified atom stereocenters. The minimum atomic E-state index is 0.202. The van der Waals surface area contributed by atoms with E-state index in [-0.39, 0.29) is 11.3 Å². The van der Waals surface area contributed by atoms with Crippen LogP contribution in [0.2, 0.25) is 0 Å². The molecule has 1 aromatic heterocycles. The first kappa shape index (κ1) is 16.1. The highest BCUT2D eigenvalue weighted by atomic mass is 16.5. The average molecular weight is 332 g/mol. The average Bonchev–Trinajstić information content (AvgIpc) is 3.31. The number of amides is 1. The lowest BCUT2D eigenvalue weighted by molar-refractivity contribution is -0.143. The van der Waals surface area contributed by atoms with E-state index in [0.717, 1.165) is 45.6 Å². The van der Waals surface area contributed by atoms with E-state index in [0.29, 0.717) is 19.1 Å². The van der Waals surface area contributed by atoms with Crippen LogP contribution in [-0.4, -0.2) is 64.9 Å². The fourth-order valence-corrected chi connectivity index (χ4v) is 4.92. The van der Waals surface area contributed by atoms with E-state index < -0.39 is 0 Å². The summed E-state index contributed by atoms with van der Waals surface area (Å²) in [6, 6.07) is 2.09. The number of aromatic nitrogens is 2. The van der Waals surface area contributed by atoms with Crippen molar-refractivity contribution in [2.45, 2.75) is 32.2 Å². The molecule has 6 nitrogen and oxygen atoms in total. The van der Waals surface area contributed by atoms with Crippen molar-refractivity contribution in [3.63, 3.8) is 0 Å². The van der Waals surface area contributed by atoms with E-state index in [9.17, 15) is 4.79 Å². The van der Waals surface area contributed by atoms with Gasteiger partial charge in [0.05, 0.1) is 18.9 Å². The molecule has 0 bridgehead atoms. The molecule has 132 valence electrons. The number of carbonyl (C=O) groups is 1. The summed E-state index contributed by atoms with van der Waals surface area (Å²) in [7, 11) is 2.00. The van der Waals surface area contributed by atoms with Gasteiger partial charge in [-0.25, -0.2) is 0 Å². The molecule has 3 fully saturated rings. The predicted molar refractivity (Wildman–Crippen MR) is 90.3 cm³/mol. The topological polar surface area (TPSA) is 50.6 Å². The van der Waals surface area contributed by atoms with Crippen molar-refractivity contribution in [3.05, 3.63) is 18.0 Å². The van der Waals surface area contributed by atoms with Gasteiger partial charge < -0.3 is 9.64 Å². The minimum Gasteiger partial charge on any atom is -0.378 e. The van der Waals surface area contributed by atoms with Gasteiger partial charge in [0.2, 0.25) is 5.91 Å². The Hall–Kier alpha value is -1.40. The monoisotopic (exact) mass is 332 g/mol. The molecule has 0 N–H and O–H groups in total. The standard InChI is InChI=1S/C18H28N4O2/c1-20-15(4-7-19-20)13-21-8-6-18(14-21)5-2-3-16(18)17(23)22-9-11-24-12-10-22/h4,7,16H,2-3,5-6,8-14H2,1H3. The van der Waals surface area contributed by atoms with E-state index >= 15 is 0 Å². The van der Waals surface area contributed by atoms with Gasteiger partial charge in [-0.15, -0.1) is 0 Å². The molecule has 2 aliphatic heterocycles. The van der Waals surface area contributed by atoms with Gasteiger partial charge in [0.15, 0.2) is 0 Å². The molecule has 24 heavy (non-hydrogen) atoms. The number of likely N-dealkylation sites (tertiary alicyclic amines) is 1. The Labute approximate surface area is 143 Å². The molecule has 2 saturated heterocycles. The maximum Gasteiger partial charge on any atom is 0.226 e. The van der Waals surface area contributed by atoms with Crippen molar-refractivity contribution in [3.8, 4) is 0 Å². The second kappa shape index (κ2) is 6.48. The molecule has 2 atom stereocenters. The highest BCUT2D eigenvalue weighted by molar-refractivity contribution is 5.80. The Morgan fingerprint density at radius 2 is 2.17 bits per heavy atom. The first-order chi connectivity index (χ1) is 11.7. The van der Waals surface area contributed by atoms with Crippen molar-refractivity contribution in [1.29, 1.82) is 0 Å². The van der Waals surface area contributed by atoms with Gasteiger partial charge in [0, 0.05) is 45.3 Å². The van der Waals surface area contributed by atoms with Crippen LogP contribution >= 0.6 is 0 Å². The molecule has 3 heterocycles. The van der Waals surface area contributed by atoms with Gasteiger partial charge in [-0.1, -0.05) is 6.42 Å². The molecule has 0 aromatic carbocycles. The fraction of sp³-hybridized carbons (Fsp3) is 0.778. The Morgan fingerprint density at radius 1 is 1.33 bits per heavy atom. The van der Waals surface area contributed by atoms with E-state index in [2.05, 4.69) is 16.1 Å². The summed E-state index contributed by atoms with van der Waals surface area (Å²) in [5.41, 5.74) is 1.45. The summed E-state index contributed by atoms with van der Waals surface area (Å²) in [5.74, 6) is 0.602. The smallest absolute Gasteiger partial charge is 0.226 e. The van der Waals surface area contributed by atoms with E-state index in [1.807, 2.05) is 22.8 Å². The fourth-order valence-electron chi connectivity index (χ4n) is 4.92. The molecule has 1 aliphatic carbocycles. The van der Waals surface area contributed by atoms with Gasteiger partial charge in [-0.05, 0) is 37.3 Å². The highest BCUT2D eigenvalue weighted by Gasteiger charge is 2.51. The molecular weight excluding hydrogens is 304 g/mol. The molecule has 4 rings (SSSR count). The summed E-state index contributed by atoms with van der Waals surface area (Å²) in [5, 5.41) is 4.27. The molecule has 1 amide bonds. The first-order valence-electron chi connectivity index (χ1n) is 9.24. The summed E-state index contributed by atoms with van der Waals surface area (Å²) < 4.78 is 7.36. The zero-order valence-electron chi connectivity index (χ0n) is 14.6. The number of ether oxygens (including phenoxy) is 1. The number of carbonyl (C=O) groups excluding carboxylic acids is 1. The lowest BCUT2D eigenvalue weighted by Crippen LogP contribution is -2.47. The zero-order chi connectivity index (χ0) is 16.6. The molecule has 1 aromatic rings. The third kappa shape index (κ3) is 2.86. The van der Waals surface area contributed by atoms with Gasteiger partial charge >= 0.3 is 0 Å². The predicted octanol–water partition coefficient (Wildman–Crippen LogP) is 1.27. The van der Waals surface area contributed by atoms with Gasteiger partial charge in [-0.2, -0.15) is 5.10 Å². The van der Waals surface area contributed by atoms with Crippen molar-refractivity contribution in [2.75, 3.05) is 39.4 Å². The maximum atomic E-state index is 13.1. The van der Waals surface area contributed by atoms with Gasteiger partial charge in [0.25, 0.3) is 0 Å². The minimum absolute atomic E-state index is 0.202. The van der Waals surface area contributed by atoms with Gasteiger partial charge in [-0.3, -0.25) is 14.4 Å². The number of hydrogen-bond acceptors (Lipinski definition) is 4. The van der Waals surface area contributed by atoms with Crippen LogP contribution < -0.4 is 0 Å². The molecule has 3 aliphatic rings. The Bertz CT molecular complexity index is 596. The van der Waals surface area contributed by atoms with E-state index in [4.69, 9.17) is 4.74 Å². The largest absolute Gasteiger partial charge is 0.378 e. The van der Waals surface area contributed by atoms with Crippen LogP contribution in [0, 0.1) is 11.3 Å². The molecule has 1 saturated carbocycles. The third-order valence-electron chi connectivity index (χ3n) is 6.30. The van der Waals surface area contributed by atoms with Crippen molar-refractivity contribution in [2.24, 2.45) is 18.4 Å². The van der Waals surface area contributed by atoms with Crippen LogP contribution in [0.3, 0.4) is 0 Å². The van der Waals surface area contributed by atoms with E-state index in [1.54, 1.807) is 0 Å². The number of nitrogens with zero attached hydrogens (tertiary/aromatic N) is 4. The highest BCUT2D eigenvalue weighted by Crippen LogP contribution is 2.50. The van der Waals surface area contributed by atoms with Crippen molar-refractivity contribution < 1.29 is 9.53 Å². The number of morpholine rings is 1. The number of aryl methyl sites for hydroxylation is 1. The first-order valence-corrected chi connectivity index (χ1v) is 9.24. The van der Waals surface area contributed by atoms with Crippen LogP contribution in [-0.2, 0) is 23.1 Å². The SMILES string of the molecule is Cn1nccc1CN1CCC2(CCCC2C(=O)N2CCOCC2)C1. The molecule has 1 spiro atoms. The molecule has 0 radical (unpaired) electrons.